The van der Waals surface area contributed by atoms with Gasteiger partial charge in [-0.25, -0.2) is 9.59 Å². The van der Waals surface area contributed by atoms with E-state index in [-0.39, 0.29) is 5.02 Å². The van der Waals surface area contributed by atoms with E-state index in [2.05, 4.69) is 21.2 Å². The number of carbonyl (C=O) groups is 2. The summed E-state index contributed by atoms with van der Waals surface area (Å²) in [7, 11) is 0. The average Bonchev–Trinajstić information content (AvgIpc) is 2.89. The molecule has 0 bridgehead atoms. The van der Waals surface area contributed by atoms with Crippen molar-refractivity contribution in [3.8, 4) is 0 Å². The van der Waals surface area contributed by atoms with E-state index in [1.165, 1.54) is 4.90 Å². The first-order valence-electron chi connectivity index (χ1n) is 5.85. The summed E-state index contributed by atoms with van der Waals surface area (Å²) < 4.78 is 0.617. The van der Waals surface area contributed by atoms with Crippen LogP contribution in [0.1, 0.15) is 12.8 Å². The van der Waals surface area contributed by atoms with Crippen molar-refractivity contribution in [1.29, 1.82) is 0 Å². The molecule has 2 amide bonds. The van der Waals surface area contributed by atoms with Crippen molar-refractivity contribution < 1.29 is 14.7 Å². The van der Waals surface area contributed by atoms with Crippen molar-refractivity contribution in [2.24, 2.45) is 0 Å². The summed E-state index contributed by atoms with van der Waals surface area (Å²) in [6.07, 6.45) is 1.12. The fourth-order valence-corrected chi connectivity index (χ4v) is 2.90. The number of carboxylic acids is 1. The highest BCUT2D eigenvalue weighted by Crippen LogP contribution is 2.36. The molecule has 1 aromatic rings. The van der Waals surface area contributed by atoms with E-state index in [0.717, 1.165) is 0 Å². The first kappa shape index (κ1) is 15.4. The van der Waals surface area contributed by atoms with Crippen molar-refractivity contribution in [3.63, 3.8) is 0 Å². The number of amides is 2. The van der Waals surface area contributed by atoms with Crippen LogP contribution in [-0.2, 0) is 4.79 Å². The van der Waals surface area contributed by atoms with Crippen LogP contribution in [0.2, 0.25) is 10.0 Å². The zero-order chi connectivity index (χ0) is 14.9. The molecule has 8 heteroatoms. The number of halogens is 3. The minimum Gasteiger partial charge on any atom is -0.480 e. The zero-order valence-electron chi connectivity index (χ0n) is 10.2. The van der Waals surface area contributed by atoms with Crippen LogP contribution < -0.4 is 5.32 Å². The van der Waals surface area contributed by atoms with Gasteiger partial charge in [0.2, 0.25) is 0 Å². The molecule has 1 atom stereocenters. The summed E-state index contributed by atoms with van der Waals surface area (Å²) in [5.74, 6) is -1.00. The lowest BCUT2D eigenvalue weighted by molar-refractivity contribution is -0.141. The maximum atomic E-state index is 12.1. The Bertz CT molecular complexity index is 568. The van der Waals surface area contributed by atoms with E-state index in [1.807, 2.05) is 0 Å². The molecular formula is C12H11BrCl2N2O3. The minimum atomic E-state index is -1.00. The van der Waals surface area contributed by atoms with Crippen LogP contribution in [0.4, 0.5) is 10.5 Å². The maximum absolute atomic E-state index is 12.1. The fraction of sp³-hybridized carbons (Fsp3) is 0.333. The van der Waals surface area contributed by atoms with Gasteiger partial charge in [-0.2, -0.15) is 0 Å². The third kappa shape index (κ3) is 3.02. The molecule has 1 fully saturated rings. The molecule has 0 saturated carbocycles. The molecular weight excluding hydrogens is 371 g/mol. The Morgan fingerprint density at radius 1 is 1.35 bits per heavy atom. The molecule has 0 aromatic heterocycles. The van der Waals surface area contributed by atoms with Crippen molar-refractivity contribution >= 4 is 56.8 Å². The molecule has 2 rings (SSSR count). The van der Waals surface area contributed by atoms with Gasteiger partial charge >= 0.3 is 12.0 Å². The summed E-state index contributed by atoms with van der Waals surface area (Å²) >= 11 is 15.2. The van der Waals surface area contributed by atoms with E-state index in [9.17, 15) is 9.59 Å². The van der Waals surface area contributed by atoms with Crippen LogP contribution in [-0.4, -0.2) is 34.6 Å². The van der Waals surface area contributed by atoms with Crippen LogP contribution in [0.25, 0.3) is 0 Å². The Morgan fingerprint density at radius 3 is 2.70 bits per heavy atom. The molecule has 20 heavy (non-hydrogen) atoms. The molecule has 0 radical (unpaired) electrons. The van der Waals surface area contributed by atoms with Gasteiger partial charge in [-0.3, -0.25) is 0 Å². The van der Waals surface area contributed by atoms with E-state index in [4.69, 9.17) is 28.3 Å². The number of nitrogens with zero attached hydrogens (tertiary/aromatic N) is 1. The fourth-order valence-electron chi connectivity index (χ4n) is 2.08. The number of carboxylic acid groups (broad SMARTS) is 1. The van der Waals surface area contributed by atoms with Gasteiger partial charge in [0.15, 0.2) is 0 Å². The molecule has 5 nitrogen and oxygen atoms in total. The number of aliphatic carboxylic acids is 1. The number of urea groups is 1. The Hall–Kier alpha value is -0.980. The lowest BCUT2D eigenvalue weighted by Crippen LogP contribution is -2.42. The maximum Gasteiger partial charge on any atom is 0.326 e. The number of hydrogen-bond donors (Lipinski definition) is 2. The molecule has 1 heterocycles. The van der Waals surface area contributed by atoms with Crippen LogP contribution in [0.3, 0.4) is 0 Å². The number of carbonyl (C=O) groups excluding carboxylic acids is 1. The predicted octanol–water partition coefficient (Wildman–Crippen LogP) is 3.84. The van der Waals surface area contributed by atoms with Gasteiger partial charge in [-0.1, -0.05) is 23.2 Å². The summed E-state index contributed by atoms with van der Waals surface area (Å²) in [5, 5.41) is 12.2. The van der Waals surface area contributed by atoms with Crippen LogP contribution >= 0.6 is 39.1 Å². The number of likely N-dealkylation sites (tertiary alicyclic amines) is 1. The van der Waals surface area contributed by atoms with Gasteiger partial charge in [0.25, 0.3) is 0 Å². The Kier molecular flexibility index (Phi) is 4.78. The summed E-state index contributed by atoms with van der Waals surface area (Å²) in [6.45, 7) is 0.407. The first-order valence-corrected chi connectivity index (χ1v) is 7.40. The molecule has 1 unspecified atom stereocenters. The van der Waals surface area contributed by atoms with Crippen LogP contribution in [0.5, 0.6) is 0 Å². The van der Waals surface area contributed by atoms with E-state index >= 15 is 0 Å². The van der Waals surface area contributed by atoms with Gasteiger partial charge < -0.3 is 15.3 Å². The van der Waals surface area contributed by atoms with Crippen LogP contribution in [0.15, 0.2) is 16.6 Å². The monoisotopic (exact) mass is 380 g/mol. The molecule has 108 valence electrons. The Labute approximate surface area is 134 Å². The van der Waals surface area contributed by atoms with Gasteiger partial charge in [0.1, 0.15) is 6.04 Å². The quantitative estimate of drug-likeness (QED) is 0.764. The lowest BCUT2D eigenvalue weighted by atomic mass is 10.2. The molecule has 0 aliphatic carbocycles. The number of nitrogens with one attached hydrogen (secondary N) is 1. The smallest absolute Gasteiger partial charge is 0.326 e. The minimum absolute atomic E-state index is 0.209. The number of anilines is 1. The SMILES string of the molecule is O=C(O)C1CCCN1C(=O)Nc1ccc(Br)c(Cl)c1Cl. The highest BCUT2D eigenvalue weighted by atomic mass is 79.9. The second-order valence-corrected chi connectivity index (χ2v) is 5.95. The van der Waals surface area contributed by atoms with Crippen molar-refractivity contribution in [1.82, 2.24) is 4.90 Å². The van der Waals surface area contributed by atoms with Gasteiger partial charge in [-0.15, -0.1) is 0 Å². The van der Waals surface area contributed by atoms with Crippen LogP contribution in [0, 0.1) is 0 Å². The van der Waals surface area contributed by atoms with E-state index < -0.39 is 18.0 Å². The number of rotatable bonds is 2. The van der Waals surface area contributed by atoms with Gasteiger partial charge in [-0.05, 0) is 40.9 Å². The average molecular weight is 382 g/mol. The molecule has 2 N–H and O–H groups in total. The van der Waals surface area contributed by atoms with E-state index in [1.54, 1.807) is 12.1 Å². The standard InChI is InChI=1S/C12H11BrCl2N2O3/c13-6-3-4-7(10(15)9(6)14)16-12(20)17-5-1-2-8(17)11(18)19/h3-4,8H,1-2,5H2,(H,16,20)(H,18,19). The highest BCUT2D eigenvalue weighted by Gasteiger charge is 2.34. The second-order valence-electron chi connectivity index (χ2n) is 4.34. The zero-order valence-corrected chi connectivity index (χ0v) is 13.3. The highest BCUT2D eigenvalue weighted by molar-refractivity contribution is 9.10. The molecule has 1 aromatic carbocycles. The topological polar surface area (TPSA) is 69.6 Å². The largest absolute Gasteiger partial charge is 0.480 e. The lowest BCUT2D eigenvalue weighted by Gasteiger charge is -2.22. The molecule has 1 aliphatic heterocycles. The summed E-state index contributed by atoms with van der Waals surface area (Å²) in [5.41, 5.74) is 0.348. The van der Waals surface area contributed by atoms with Crippen molar-refractivity contribution in [3.05, 3.63) is 26.7 Å². The third-order valence-corrected chi connectivity index (χ3v) is 4.85. The molecule has 0 spiro atoms. The second kappa shape index (κ2) is 6.20. The van der Waals surface area contributed by atoms with Gasteiger partial charge in [0.05, 0.1) is 15.7 Å². The normalized spacial score (nSPS) is 18.1. The first-order chi connectivity index (χ1) is 9.41. The molecule has 1 saturated heterocycles. The van der Waals surface area contributed by atoms with Crippen molar-refractivity contribution in [2.75, 3.05) is 11.9 Å². The Morgan fingerprint density at radius 2 is 2.05 bits per heavy atom. The summed E-state index contributed by atoms with van der Waals surface area (Å²) in [4.78, 5) is 24.5. The third-order valence-electron chi connectivity index (χ3n) is 3.08. The van der Waals surface area contributed by atoms with Gasteiger partial charge in [0, 0.05) is 11.0 Å². The Balaban J connectivity index is 2.16. The van der Waals surface area contributed by atoms with Crippen molar-refractivity contribution in [2.45, 2.75) is 18.9 Å². The number of benzene rings is 1. The number of hydrogen-bond acceptors (Lipinski definition) is 2. The summed E-state index contributed by atoms with van der Waals surface area (Å²) in [6, 6.07) is 1.97. The van der Waals surface area contributed by atoms with E-state index in [0.29, 0.717) is 34.6 Å². The molecule has 1 aliphatic rings. The predicted molar refractivity (Wildman–Crippen MR) is 80.5 cm³/mol.